The summed E-state index contributed by atoms with van der Waals surface area (Å²) in [6, 6.07) is 7.06. The Bertz CT molecular complexity index is 784. The highest BCUT2D eigenvalue weighted by Crippen LogP contribution is 2.29. The fraction of sp³-hybridized carbons (Fsp3) is 0.421. The van der Waals surface area contributed by atoms with E-state index in [0.717, 1.165) is 30.9 Å². The van der Waals surface area contributed by atoms with Crippen molar-refractivity contribution in [1.29, 1.82) is 0 Å². The maximum Gasteiger partial charge on any atom is 0.171 e. The van der Waals surface area contributed by atoms with E-state index in [4.69, 9.17) is 21.1 Å². The second-order valence-electron chi connectivity index (χ2n) is 6.29. The smallest absolute Gasteiger partial charge is 0.171 e. The summed E-state index contributed by atoms with van der Waals surface area (Å²) >= 11 is 6.08. The van der Waals surface area contributed by atoms with Crippen LogP contribution in [0.3, 0.4) is 0 Å². The highest BCUT2D eigenvalue weighted by atomic mass is 35.5. The Hall–Kier alpha value is -2.18. The highest BCUT2D eigenvalue weighted by Gasteiger charge is 2.29. The van der Waals surface area contributed by atoms with E-state index in [2.05, 4.69) is 14.9 Å². The van der Waals surface area contributed by atoms with Gasteiger partial charge in [-0.05, 0) is 31.0 Å². The molecule has 1 aliphatic rings. The van der Waals surface area contributed by atoms with Crippen LogP contribution in [0.2, 0.25) is 5.02 Å². The Morgan fingerprint density at radius 2 is 2.15 bits per heavy atom. The fourth-order valence-corrected chi connectivity index (χ4v) is 3.45. The number of ketones is 1. The molecule has 1 atom stereocenters. The molecule has 0 amide bonds. The molecule has 1 fully saturated rings. The summed E-state index contributed by atoms with van der Waals surface area (Å²) in [5.74, 6) is 1.31. The molecule has 0 saturated carbocycles. The number of hydrogen-bond acceptors (Lipinski definition) is 6. The number of carbonyl (C=O) groups excluding carboxylic acids is 1. The molecular formula is C19H22ClN3O3. The summed E-state index contributed by atoms with van der Waals surface area (Å²) in [5, 5.41) is 0.529. The van der Waals surface area contributed by atoms with Crippen LogP contribution in [-0.2, 0) is 11.3 Å². The van der Waals surface area contributed by atoms with Crippen LogP contribution in [0.15, 0.2) is 30.6 Å². The second-order valence-corrected chi connectivity index (χ2v) is 6.73. The normalized spacial score (nSPS) is 17.2. The van der Waals surface area contributed by atoms with Gasteiger partial charge in [-0.1, -0.05) is 11.6 Å². The molecule has 26 heavy (non-hydrogen) atoms. The molecule has 1 saturated heterocycles. The van der Waals surface area contributed by atoms with Crippen LogP contribution in [-0.4, -0.2) is 43.1 Å². The zero-order valence-corrected chi connectivity index (χ0v) is 15.7. The van der Waals surface area contributed by atoms with Gasteiger partial charge in [-0.2, -0.15) is 0 Å². The lowest BCUT2D eigenvalue weighted by molar-refractivity contribution is 0.0904. The van der Waals surface area contributed by atoms with Crippen molar-refractivity contribution in [2.24, 2.45) is 5.92 Å². The summed E-state index contributed by atoms with van der Waals surface area (Å²) in [7, 11) is 3.20. The molecule has 0 bridgehead atoms. The van der Waals surface area contributed by atoms with Crippen molar-refractivity contribution in [1.82, 2.24) is 9.97 Å². The lowest BCUT2D eigenvalue weighted by Crippen LogP contribution is -2.39. The number of aromatic nitrogens is 2. The molecule has 0 unspecified atom stereocenters. The van der Waals surface area contributed by atoms with Crippen molar-refractivity contribution in [2.75, 3.05) is 32.2 Å². The maximum atomic E-state index is 13.1. The maximum absolute atomic E-state index is 13.1. The van der Waals surface area contributed by atoms with Gasteiger partial charge in [0.25, 0.3) is 0 Å². The molecule has 1 aliphatic heterocycles. The third kappa shape index (κ3) is 4.14. The molecule has 1 aromatic carbocycles. The van der Waals surface area contributed by atoms with Gasteiger partial charge in [0.2, 0.25) is 0 Å². The number of anilines is 1. The van der Waals surface area contributed by atoms with Gasteiger partial charge in [0.1, 0.15) is 17.9 Å². The third-order valence-electron chi connectivity index (χ3n) is 4.54. The van der Waals surface area contributed by atoms with E-state index < -0.39 is 0 Å². The fourth-order valence-electron chi connectivity index (χ4n) is 3.28. The van der Waals surface area contributed by atoms with Crippen LogP contribution >= 0.6 is 11.6 Å². The van der Waals surface area contributed by atoms with E-state index in [0.29, 0.717) is 29.5 Å². The summed E-state index contributed by atoms with van der Waals surface area (Å²) in [5.41, 5.74) is 1.36. The summed E-state index contributed by atoms with van der Waals surface area (Å²) in [6.07, 6.45) is 3.29. The minimum Gasteiger partial charge on any atom is -0.496 e. The van der Waals surface area contributed by atoms with Gasteiger partial charge in [0.05, 0.1) is 25.0 Å². The van der Waals surface area contributed by atoms with E-state index >= 15 is 0 Å². The summed E-state index contributed by atoms with van der Waals surface area (Å²) in [4.78, 5) is 23.7. The second kappa shape index (κ2) is 8.47. The average Bonchev–Trinajstić information content (AvgIpc) is 2.68. The molecule has 0 N–H and O–H groups in total. The average molecular weight is 376 g/mol. The van der Waals surface area contributed by atoms with Gasteiger partial charge in [-0.15, -0.1) is 0 Å². The number of rotatable bonds is 6. The Morgan fingerprint density at radius 1 is 1.31 bits per heavy atom. The minimum absolute atomic E-state index is 0.0558. The largest absolute Gasteiger partial charge is 0.496 e. The number of piperidine rings is 1. The Kier molecular flexibility index (Phi) is 6.06. The Balaban J connectivity index is 1.79. The van der Waals surface area contributed by atoms with Crippen LogP contribution in [0.1, 0.15) is 28.9 Å². The molecule has 138 valence electrons. The molecule has 0 spiro atoms. The molecule has 0 radical (unpaired) electrons. The number of ether oxygens (including phenoxy) is 2. The number of carbonyl (C=O) groups is 1. The highest BCUT2D eigenvalue weighted by molar-refractivity contribution is 6.31. The van der Waals surface area contributed by atoms with Crippen LogP contribution in [0.25, 0.3) is 0 Å². The van der Waals surface area contributed by atoms with Crippen molar-refractivity contribution in [3.8, 4) is 5.75 Å². The molecule has 0 aliphatic carbocycles. The lowest BCUT2D eigenvalue weighted by Gasteiger charge is -2.33. The van der Waals surface area contributed by atoms with Crippen molar-refractivity contribution >= 4 is 23.2 Å². The first kappa shape index (κ1) is 18.6. The predicted octanol–water partition coefficient (Wildman–Crippen LogP) is 3.38. The van der Waals surface area contributed by atoms with Crippen LogP contribution in [0, 0.1) is 5.92 Å². The van der Waals surface area contributed by atoms with Gasteiger partial charge < -0.3 is 14.4 Å². The number of benzene rings is 1. The van der Waals surface area contributed by atoms with Gasteiger partial charge in [0.15, 0.2) is 5.78 Å². The first-order valence-electron chi connectivity index (χ1n) is 8.55. The molecule has 1 aromatic heterocycles. The van der Waals surface area contributed by atoms with Gasteiger partial charge >= 0.3 is 0 Å². The number of methoxy groups -OCH3 is 2. The van der Waals surface area contributed by atoms with E-state index in [-0.39, 0.29) is 11.7 Å². The monoisotopic (exact) mass is 375 g/mol. The van der Waals surface area contributed by atoms with Gasteiger partial charge in [-0.3, -0.25) is 4.79 Å². The lowest BCUT2D eigenvalue weighted by atomic mass is 9.89. The number of nitrogens with zero attached hydrogens (tertiary/aromatic N) is 3. The summed E-state index contributed by atoms with van der Waals surface area (Å²) in [6.45, 7) is 1.91. The zero-order chi connectivity index (χ0) is 18.5. The molecule has 7 heteroatoms. The number of hydrogen-bond donors (Lipinski definition) is 0. The van der Waals surface area contributed by atoms with Crippen LogP contribution in [0.4, 0.5) is 5.82 Å². The van der Waals surface area contributed by atoms with E-state index in [9.17, 15) is 4.79 Å². The van der Waals surface area contributed by atoms with Crippen molar-refractivity contribution in [2.45, 2.75) is 19.4 Å². The molecule has 2 heterocycles. The molecule has 3 rings (SSSR count). The van der Waals surface area contributed by atoms with Crippen molar-refractivity contribution in [3.63, 3.8) is 0 Å². The predicted molar refractivity (Wildman–Crippen MR) is 100 cm³/mol. The molecular weight excluding hydrogens is 354 g/mol. The van der Waals surface area contributed by atoms with E-state index in [1.54, 1.807) is 32.4 Å². The quantitative estimate of drug-likeness (QED) is 0.721. The third-order valence-corrected chi connectivity index (χ3v) is 4.78. The molecule has 2 aromatic rings. The van der Waals surface area contributed by atoms with E-state index in [1.807, 2.05) is 6.07 Å². The SMILES string of the molecule is COCc1cc(N2CCC[C@@H](C(=O)c3cc(Cl)ccc3OC)C2)ncn1. The number of halogens is 1. The van der Waals surface area contributed by atoms with Gasteiger partial charge in [0, 0.05) is 37.2 Å². The topological polar surface area (TPSA) is 64.5 Å². The standard InChI is InChI=1S/C19H22ClN3O3/c1-25-11-15-9-18(22-12-21-15)23-7-3-4-13(10-23)19(24)16-8-14(20)5-6-17(16)26-2/h5-6,8-9,12-13H,3-4,7,10-11H2,1-2H3/t13-/m1/s1. The zero-order valence-electron chi connectivity index (χ0n) is 14.9. The van der Waals surface area contributed by atoms with E-state index in [1.165, 1.54) is 6.33 Å². The van der Waals surface area contributed by atoms with Gasteiger partial charge in [-0.25, -0.2) is 9.97 Å². The van der Waals surface area contributed by atoms with Crippen molar-refractivity contribution in [3.05, 3.63) is 46.9 Å². The first-order valence-corrected chi connectivity index (χ1v) is 8.92. The molecule has 6 nitrogen and oxygen atoms in total. The number of Topliss-reactive ketones (excluding diaryl/α,β-unsaturated/α-hetero) is 1. The van der Waals surface area contributed by atoms with Crippen LogP contribution < -0.4 is 9.64 Å². The first-order chi connectivity index (χ1) is 12.6. The van der Waals surface area contributed by atoms with Crippen LogP contribution in [0.5, 0.6) is 5.75 Å². The van der Waals surface area contributed by atoms with Crippen molar-refractivity contribution < 1.29 is 14.3 Å². The summed E-state index contributed by atoms with van der Waals surface area (Å²) < 4.78 is 10.5. The Labute approximate surface area is 158 Å². The Morgan fingerprint density at radius 3 is 2.92 bits per heavy atom. The minimum atomic E-state index is -0.128.